The van der Waals surface area contributed by atoms with Gasteiger partial charge in [-0.05, 0) is 37.2 Å². The topological polar surface area (TPSA) is 101 Å². The lowest BCUT2D eigenvalue weighted by Crippen LogP contribution is -2.49. The Bertz CT molecular complexity index is 1060. The second-order valence-corrected chi connectivity index (χ2v) is 8.42. The predicted molar refractivity (Wildman–Crippen MR) is 113 cm³/mol. The summed E-state index contributed by atoms with van der Waals surface area (Å²) in [6.45, 7) is 5.75. The van der Waals surface area contributed by atoms with Crippen LogP contribution < -0.4 is 10.6 Å². The summed E-state index contributed by atoms with van der Waals surface area (Å²) in [6, 6.07) is 0.217. The van der Waals surface area contributed by atoms with E-state index in [1.165, 1.54) is 6.08 Å². The summed E-state index contributed by atoms with van der Waals surface area (Å²) in [6.07, 6.45) is 10.3. The molecule has 1 aliphatic rings. The van der Waals surface area contributed by atoms with E-state index in [1.54, 1.807) is 17.1 Å². The van der Waals surface area contributed by atoms with Gasteiger partial charge in [-0.2, -0.15) is 10.1 Å². The van der Waals surface area contributed by atoms with Crippen molar-refractivity contribution < 1.29 is 4.79 Å². The molecule has 0 spiro atoms. The summed E-state index contributed by atoms with van der Waals surface area (Å²) in [4.78, 5) is 23.9. The van der Waals surface area contributed by atoms with Crippen LogP contribution in [0.15, 0.2) is 31.2 Å². The number of aryl methyl sites for hydroxylation is 2. The number of rotatable bonds is 7. The zero-order valence-electron chi connectivity index (χ0n) is 16.5. The first-order valence-electron chi connectivity index (χ1n) is 9.57. The standard InChI is InChI=1S/C20H24ClN7O/c1-4-16(29)24-12-7-20(2,8-12)6-5-15-17-14(21)10-22-18(17)27-19(26-15)25-13-9-23-28(3)11-13/h4,9-12H,1,5-8H2,2-3H3,(H,24,29)(H2,22,25,26,27)/t12-,20+. The van der Waals surface area contributed by atoms with Gasteiger partial charge in [0.15, 0.2) is 0 Å². The highest BCUT2D eigenvalue weighted by atomic mass is 35.5. The first-order chi connectivity index (χ1) is 13.8. The second-order valence-electron chi connectivity index (χ2n) is 8.01. The van der Waals surface area contributed by atoms with E-state index in [9.17, 15) is 4.79 Å². The number of hydrogen-bond acceptors (Lipinski definition) is 5. The summed E-state index contributed by atoms with van der Waals surface area (Å²) < 4.78 is 1.71. The molecule has 4 rings (SSSR count). The predicted octanol–water partition coefficient (Wildman–Crippen LogP) is 3.49. The van der Waals surface area contributed by atoms with Crippen LogP contribution in [-0.4, -0.2) is 36.7 Å². The molecule has 29 heavy (non-hydrogen) atoms. The third-order valence-corrected chi connectivity index (χ3v) is 5.79. The normalized spacial score (nSPS) is 21.0. The van der Waals surface area contributed by atoms with Gasteiger partial charge in [0.1, 0.15) is 5.65 Å². The van der Waals surface area contributed by atoms with Gasteiger partial charge in [0.2, 0.25) is 11.9 Å². The minimum atomic E-state index is -0.111. The molecule has 152 valence electrons. The monoisotopic (exact) mass is 413 g/mol. The number of halogens is 1. The van der Waals surface area contributed by atoms with E-state index in [0.717, 1.165) is 42.5 Å². The summed E-state index contributed by atoms with van der Waals surface area (Å²) in [5, 5.41) is 11.8. The van der Waals surface area contributed by atoms with E-state index in [4.69, 9.17) is 16.6 Å². The van der Waals surface area contributed by atoms with E-state index in [0.29, 0.717) is 16.6 Å². The number of fused-ring (bicyclic) bond motifs is 1. The summed E-state index contributed by atoms with van der Waals surface area (Å²) in [5.74, 6) is 0.397. The van der Waals surface area contributed by atoms with Crippen molar-refractivity contribution in [2.24, 2.45) is 12.5 Å². The van der Waals surface area contributed by atoms with Crippen LogP contribution in [0, 0.1) is 5.41 Å². The lowest BCUT2D eigenvalue weighted by atomic mass is 9.64. The minimum absolute atomic E-state index is 0.111. The van der Waals surface area contributed by atoms with Crippen molar-refractivity contribution in [3.05, 3.63) is 42.0 Å². The molecule has 1 aliphatic carbocycles. The lowest BCUT2D eigenvalue weighted by molar-refractivity contribution is -0.118. The molecular formula is C20H24ClN7O. The Morgan fingerprint density at radius 2 is 2.28 bits per heavy atom. The van der Waals surface area contributed by atoms with Crippen LogP contribution in [0.3, 0.4) is 0 Å². The molecule has 0 aliphatic heterocycles. The van der Waals surface area contributed by atoms with E-state index >= 15 is 0 Å². The van der Waals surface area contributed by atoms with Gasteiger partial charge < -0.3 is 15.6 Å². The first kappa shape index (κ1) is 19.4. The molecule has 1 fully saturated rings. The number of nitrogens with one attached hydrogen (secondary N) is 3. The van der Waals surface area contributed by atoms with Crippen molar-refractivity contribution in [2.75, 3.05) is 5.32 Å². The number of aromatic amines is 1. The van der Waals surface area contributed by atoms with Crippen LogP contribution in [0.2, 0.25) is 5.02 Å². The maximum atomic E-state index is 11.5. The van der Waals surface area contributed by atoms with Crippen LogP contribution in [0.4, 0.5) is 11.6 Å². The summed E-state index contributed by atoms with van der Waals surface area (Å²) in [7, 11) is 1.86. The largest absolute Gasteiger partial charge is 0.350 e. The maximum Gasteiger partial charge on any atom is 0.243 e. The molecule has 0 radical (unpaired) electrons. The molecule has 0 bridgehead atoms. The fraction of sp³-hybridized carbons (Fsp3) is 0.400. The highest BCUT2D eigenvalue weighted by Crippen LogP contribution is 2.44. The van der Waals surface area contributed by atoms with Crippen molar-refractivity contribution >= 4 is 40.2 Å². The van der Waals surface area contributed by atoms with Crippen LogP contribution in [0.1, 0.15) is 31.9 Å². The second kappa shape index (κ2) is 7.51. The molecule has 3 aromatic heterocycles. The van der Waals surface area contributed by atoms with Crippen molar-refractivity contribution in [2.45, 2.75) is 38.6 Å². The fourth-order valence-corrected chi connectivity index (χ4v) is 4.29. The minimum Gasteiger partial charge on any atom is -0.350 e. The SMILES string of the molecule is C=CC(=O)N[C@H]1C[C@@](C)(CCc2nc(Nc3cnn(C)c3)nc3[nH]cc(Cl)c23)C1. The van der Waals surface area contributed by atoms with Crippen LogP contribution in [-0.2, 0) is 18.3 Å². The number of anilines is 2. The average molecular weight is 414 g/mol. The average Bonchev–Trinajstić information content (AvgIpc) is 3.24. The molecule has 0 saturated heterocycles. The molecule has 0 unspecified atom stereocenters. The Balaban J connectivity index is 1.49. The first-order valence-corrected chi connectivity index (χ1v) is 9.95. The van der Waals surface area contributed by atoms with Crippen LogP contribution >= 0.6 is 11.6 Å². The van der Waals surface area contributed by atoms with E-state index in [-0.39, 0.29) is 17.4 Å². The Morgan fingerprint density at radius 1 is 1.48 bits per heavy atom. The highest BCUT2D eigenvalue weighted by molar-refractivity contribution is 6.35. The lowest BCUT2D eigenvalue weighted by Gasteiger charge is -2.45. The van der Waals surface area contributed by atoms with Gasteiger partial charge in [0, 0.05) is 25.5 Å². The number of hydrogen-bond donors (Lipinski definition) is 3. The summed E-state index contributed by atoms with van der Waals surface area (Å²) >= 11 is 6.39. The molecular weight excluding hydrogens is 390 g/mol. The molecule has 3 aromatic rings. The quantitative estimate of drug-likeness (QED) is 0.515. The van der Waals surface area contributed by atoms with E-state index < -0.39 is 0 Å². The van der Waals surface area contributed by atoms with Crippen molar-refractivity contribution in [3.63, 3.8) is 0 Å². The number of carbonyl (C=O) groups is 1. The van der Waals surface area contributed by atoms with Crippen molar-refractivity contribution in [3.8, 4) is 0 Å². The van der Waals surface area contributed by atoms with Crippen LogP contribution in [0.25, 0.3) is 11.0 Å². The van der Waals surface area contributed by atoms with Crippen molar-refractivity contribution in [1.82, 2.24) is 30.0 Å². The Kier molecular flexibility index (Phi) is 5.04. The Labute approximate surface area is 173 Å². The molecule has 1 saturated carbocycles. The number of amides is 1. The van der Waals surface area contributed by atoms with Crippen LogP contribution in [0.5, 0.6) is 0 Å². The van der Waals surface area contributed by atoms with Gasteiger partial charge in [-0.1, -0.05) is 25.1 Å². The van der Waals surface area contributed by atoms with Crippen molar-refractivity contribution in [1.29, 1.82) is 0 Å². The number of H-pyrrole nitrogens is 1. The van der Waals surface area contributed by atoms with Gasteiger partial charge in [-0.25, -0.2) is 4.98 Å². The fourth-order valence-electron chi connectivity index (χ4n) is 4.03. The zero-order chi connectivity index (χ0) is 20.6. The maximum absolute atomic E-state index is 11.5. The van der Waals surface area contributed by atoms with Gasteiger partial charge in [-0.15, -0.1) is 0 Å². The number of aromatic nitrogens is 5. The highest BCUT2D eigenvalue weighted by Gasteiger charge is 2.40. The van der Waals surface area contributed by atoms with Gasteiger partial charge in [0.05, 0.1) is 28.0 Å². The molecule has 0 aromatic carbocycles. The molecule has 3 N–H and O–H groups in total. The smallest absolute Gasteiger partial charge is 0.243 e. The zero-order valence-corrected chi connectivity index (χ0v) is 17.3. The summed E-state index contributed by atoms with van der Waals surface area (Å²) in [5.41, 5.74) is 2.60. The third-order valence-electron chi connectivity index (χ3n) is 5.49. The number of nitrogens with zero attached hydrogens (tertiary/aromatic N) is 4. The Hall–Kier alpha value is -2.87. The van der Waals surface area contributed by atoms with E-state index in [1.807, 2.05) is 13.2 Å². The van der Waals surface area contributed by atoms with E-state index in [2.05, 4.69) is 39.2 Å². The molecule has 1 amide bonds. The Morgan fingerprint density at radius 3 is 2.97 bits per heavy atom. The molecule has 3 heterocycles. The van der Waals surface area contributed by atoms with Gasteiger partial charge in [0.25, 0.3) is 0 Å². The molecule has 0 atom stereocenters. The van der Waals surface area contributed by atoms with Gasteiger partial charge in [-0.3, -0.25) is 9.48 Å². The third kappa shape index (κ3) is 4.12. The molecule has 9 heteroatoms. The van der Waals surface area contributed by atoms with Gasteiger partial charge >= 0.3 is 0 Å². The molecule has 8 nitrogen and oxygen atoms in total. The number of carbonyl (C=O) groups excluding carboxylic acids is 1.